The van der Waals surface area contributed by atoms with E-state index in [2.05, 4.69) is 17.3 Å². The molecule has 1 unspecified atom stereocenters. The van der Waals surface area contributed by atoms with E-state index in [4.69, 9.17) is 0 Å². The summed E-state index contributed by atoms with van der Waals surface area (Å²) in [5.74, 6) is -1.10. The highest BCUT2D eigenvalue weighted by atomic mass is 16.4. The molecule has 0 aliphatic rings. The molecule has 1 rings (SSSR count). The van der Waals surface area contributed by atoms with Crippen LogP contribution < -0.4 is 5.32 Å². The highest BCUT2D eigenvalue weighted by Gasteiger charge is 2.24. The summed E-state index contributed by atoms with van der Waals surface area (Å²) in [4.78, 5) is 24.7. The first-order chi connectivity index (χ1) is 9.45. The van der Waals surface area contributed by atoms with Crippen LogP contribution in [0.3, 0.4) is 0 Å². The molecule has 0 bridgehead atoms. The first-order valence-electron chi connectivity index (χ1n) is 6.68. The van der Waals surface area contributed by atoms with Gasteiger partial charge >= 0.3 is 12.0 Å². The number of hydrogen-bond donors (Lipinski definition) is 2. The van der Waals surface area contributed by atoms with Crippen molar-refractivity contribution in [1.29, 1.82) is 0 Å². The van der Waals surface area contributed by atoms with Gasteiger partial charge in [-0.15, -0.1) is 0 Å². The van der Waals surface area contributed by atoms with Gasteiger partial charge in [0.2, 0.25) is 0 Å². The first kappa shape index (κ1) is 16.0. The summed E-state index contributed by atoms with van der Waals surface area (Å²) in [6.45, 7) is 2.70. The maximum absolute atomic E-state index is 12.0. The molecule has 1 aromatic rings. The number of urea groups is 1. The molecular formula is C13H22N4O3. The average Bonchev–Trinajstić information content (AvgIpc) is 2.81. The lowest BCUT2D eigenvalue weighted by Gasteiger charge is -2.20. The number of aryl methyl sites for hydroxylation is 1. The molecule has 0 spiro atoms. The van der Waals surface area contributed by atoms with Crippen molar-refractivity contribution in [2.24, 2.45) is 7.05 Å². The molecule has 0 aliphatic heterocycles. The predicted molar refractivity (Wildman–Crippen MR) is 74.3 cm³/mol. The standard InChI is InChI=1S/C13H22N4O3/c1-4-5-6-7-16(2)13(20)15-11(12(18)19)10-8-14-17(3)9-10/h8-9,11H,4-7H2,1-3H3,(H,15,20)(H,18,19). The number of carboxylic acids is 1. The van der Waals surface area contributed by atoms with Crippen molar-refractivity contribution in [3.8, 4) is 0 Å². The number of carbonyl (C=O) groups is 2. The molecule has 0 saturated carbocycles. The highest BCUT2D eigenvalue weighted by molar-refractivity contribution is 5.83. The van der Waals surface area contributed by atoms with E-state index in [9.17, 15) is 14.7 Å². The Morgan fingerprint density at radius 3 is 2.70 bits per heavy atom. The van der Waals surface area contributed by atoms with Gasteiger partial charge in [0.1, 0.15) is 0 Å². The predicted octanol–water partition coefficient (Wildman–Crippen LogP) is 1.38. The van der Waals surface area contributed by atoms with E-state index in [0.717, 1.165) is 19.3 Å². The van der Waals surface area contributed by atoms with Gasteiger partial charge in [-0.3, -0.25) is 4.68 Å². The Kier molecular flexibility index (Phi) is 6.02. The molecule has 2 amide bonds. The molecule has 0 aliphatic carbocycles. The van der Waals surface area contributed by atoms with Crippen molar-refractivity contribution in [2.45, 2.75) is 32.2 Å². The summed E-state index contributed by atoms with van der Waals surface area (Å²) in [6.07, 6.45) is 6.04. The van der Waals surface area contributed by atoms with Gasteiger partial charge in [0.15, 0.2) is 6.04 Å². The molecular weight excluding hydrogens is 260 g/mol. The zero-order valence-electron chi connectivity index (χ0n) is 12.2. The van der Waals surface area contributed by atoms with E-state index in [-0.39, 0.29) is 0 Å². The van der Waals surface area contributed by atoms with Gasteiger partial charge in [0.05, 0.1) is 6.20 Å². The maximum Gasteiger partial charge on any atom is 0.331 e. The monoisotopic (exact) mass is 282 g/mol. The lowest BCUT2D eigenvalue weighted by Crippen LogP contribution is -2.42. The van der Waals surface area contributed by atoms with Crippen LogP contribution in [0.4, 0.5) is 4.79 Å². The van der Waals surface area contributed by atoms with Crippen LogP contribution in [0.5, 0.6) is 0 Å². The molecule has 0 saturated heterocycles. The van der Waals surface area contributed by atoms with Crippen LogP contribution in [0.2, 0.25) is 0 Å². The smallest absolute Gasteiger partial charge is 0.331 e. The van der Waals surface area contributed by atoms with Gasteiger partial charge in [-0.05, 0) is 6.42 Å². The Bertz CT molecular complexity index is 458. The molecule has 0 radical (unpaired) electrons. The fourth-order valence-corrected chi connectivity index (χ4v) is 1.81. The normalized spacial score (nSPS) is 11.9. The molecule has 1 heterocycles. The number of rotatable bonds is 7. The Hall–Kier alpha value is -2.05. The Morgan fingerprint density at radius 1 is 1.50 bits per heavy atom. The Balaban J connectivity index is 2.62. The number of aliphatic carboxylic acids is 1. The maximum atomic E-state index is 12.0. The van der Waals surface area contributed by atoms with E-state index >= 15 is 0 Å². The van der Waals surface area contributed by atoms with Gasteiger partial charge < -0.3 is 15.3 Å². The summed E-state index contributed by atoms with van der Waals surface area (Å²) < 4.78 is 1.50. The minimum absolute atomic E-state index is 0.391. The van der Waals surface area contributed by atoms with E-state index in [1.807, 2.05) is 0 Å². The topological polar surface area (TPSA) is 87.5 Å². The second kappa shape index (κ2) is 7.52. The van der Waals surface area contributed by atoms with Crippen LogP contribution in [0.25, 0.3) is 0 Å². The second-order valence-corrected chi connectivity index (χ2v) is 4.80. The number of nitrogens with zero attached hydrogens (tertiary/aromatic N) is 3. The molecule has 1 atom stereocenters. The number of hydrogen-bond acceptors (Lipinski definition) is 3. The lowest BCUT2D eigenvalue weighted by molar-refractivity contribution is -0.139. The van der Waals surface area contributed by atoms with E-state index in [1.165, 1.54) is 15.8 Å². The molecule has 7 nitrogen and oxygen atoms in total. The van der Waals surface area contributed by atoms with Gasteiger partial charge in [-0.2, -0.15) is 5.10 Å². The van der Waals surface area contributed by atoms with E-state index < -0.39 is 18.0 Å². The van der Waals surface area contributed by atoms with Crippen LogP contribution >= 0.6 is 0 Å². The Labute approximate surface area is 118 Å². The lowest BCUT2D eigenvalue weighted by atomic mass is 10.1. The van der Waals surface area contributed by atoms with Gasteiger partial charge in [0.25, 0.3) is 0 Å². The van der Waals surface area contributed by atoms with Gasteiger partial charge in [-0.1, -0.05) is 19.8 Å². The Morgan fingerprint density at radius 2 is 2.20 bits per heavy atom. The third-order valence-corrected chi connectivity index (χ3v) is 3.02. The molecule has 1 aromatic heterocycles. The van der Waals surface area contributed by atoms with Crippen molar-refractivity contribution < 1.29 is 14.7 Å². The number of aromatic nitrogens is 2. The van der Waals surface area contributed by atoms with Crippen LogP contribution in [0, 0.1) is 0 Å². The van der Waals surface area contributed by atoms with Crippen molar-refractivity contribution in [2.75, 3.05) is 13.6 Å². The molecule has 112 valence electrons. The third kappa shape index (κ3) is 4.56. The fourth-order valence-electron chi connectivity index (χ4n) is 1.81. The summed E-state index contributed by atoms with van der Waals surface area (Å²) in [5, 5.41) is 15.6. The van der Waals surface area contributed by atoms with Crippen molar-refractivity contribution in [1.82, 2.24) is 20.0 Å². The SMILES string of the molecule is CCCCCN(C)C(=O)NC(C(=O)O)c1cnn(C)c1. The molecule has 7 heteroatoms. The van der Waals surface area contributed by atoms with Gasteiger partial charge in [0, 0.05) is 32.4 Å². The largest absolute Gasteiger partial charge is 0.479 e. The van der Waals surface area contributed by atoms with E-state index in [1.54, 1.807) is 20.3 Å². The average molecular weight is 282 g/mol. The van der Waals surface area contributed by atoms with Crippen molar-refractivity contribution in [3.63, 3.8) is 0 Å². The van der Waals surface area contributed by atoms with Crippen LogP contribution in [0.15, 0.2) is 12.4 Å². The zero-order valence-corrected chi connectivity index (χ0v) is 12.2. The number of carboxylic acid groups (broad SMARTS) is 1. The number of amides is 2. The summed E-state index contributed by atoms with van der Waals surface area (Å²) >= 11 is 0. The van der Waals surface area contributed by atoms with Crippen LogP contribution in [0.1, 0.15) is 37.8 Å². The summed E-state index contributed by atoms with van der Waals surface area (Å²) in [5.41, 5.74) is 0.454. The van der Waals surface area contributed by atoms with Crippen molar-refractivity contribution in [3.05, 3.63) is 18.0 Å². The third-order valence-electron chi connectivity index (χ3n) is 3.02. The summed E-state index contributed by atoms with van der Waals surface area (Å²) in [6, 6.07) is -1.47. The minimum Gasteiger partial charge on any atom is -0.479 e. The summed E-state index contributed by atoms with van der Waals surface area (Å²) in [7, 11) is 3.36. The van der Waals surface area contributed by atoms with Crippen molar-refractivity contribution >= 4 is 12.0 Å². The fraction of sp³-hybridized carbons (Fsp3) is 0.615. The number of unbranched alkanes of at least 4 members (excludes halogenated alkanes) is 2. The molecule has 20 heavy (non-hydrogen) atoms. The van der Waals surface area contributed by atoms with Crippen LogP contribution in [-0.4, -0.2) is 45.4 Å². The van der Waals surface area contributed by atoms with E-state index in [0.29, 0.717) is 12.1 Å². The highest BCUT2D eigenvalue weighted by Crippen LogP contribution is 2.12. The van der Waals surface area contributed by atoms with Crippen LogP contribution in [-0.2, 0) is 11.8 Å². The minimum atomic E-state index is -1.10. The van der Waals surface area contributed by atoms with Gasteiger partial charge in [-0.25, -0.2) is 9.59 Å². The first-order valence-corrected chi connectivity index (χ1v) is 6.68. The molecule has 2 N–H and O–H groups in total. The zero-order chi connectivity index (χ0) is 15.1. The second-order valence-electron chi connectivity index (χ2n) is 4.80. The molecule has 0 fully saturated rings. The quantitative estimate of drug-likeness (QED) is 0.739. The molecule has 0 aromatic carbocycles. The number of carbonyl (C=O) groups excluding carboxylic acids is 1. The number of nitrogens with one attached hydrogen (secondary N) is 1.